The number of nitrogens with zero attached hydrogens (tertiary/aromatic N) is 1. The van der Waals surface area contributed by atoms with E-state index in [0.717, 1.165) is 0 Å². The maximum atomic E-state index is 11.6. The van der Waals surface area contributed by atoms with E-state index in [1.165, 1.54) is 6.26 Å². The van der Waals surface area contributed by atoms with Gasteiger partial charge >= 0.3 is 0 Å². The Balaban J connectivity index is 2.48. The SMILES string of the molecule is CC(C)CNC(=O)C(C#N)Cc1ccco1. The normalized spacial score (nSPS) is 12.1. The first kappa shape index (κ1) is 12.3. The monoisotopic (exact) mass is 220 g/mol. The molecule has 1 rings (SSSR count). The van der Waals surface area contributed by atoms with Crippen molar-refractivity contribution in [2.24, 2.45) is 11.8 Å². The lowest BCUT2D eigenvalue weighted by Crippen LogP contribution is -2.33. The van der Waals surface area contributed by atoms with E-state index in [2.05, 4.69) is 5.32 Å². The summed E-state index contributed by atoms with van der Waals surface area (Å²) in [4.78, 5) is 11.6. The van der Waals surface area contributed by atoms with Gasteiger partial charge in [-0.15, -0.1) is 0 Å². The number of nitriles is 1. The van der Waals surface area contributed by atoms with Crippen molar-refractivity contribution in [2.75, 3.05) is 6.54 Å². The number of furan rings is 1. The van der Waals surface area contributed by atoms with Crippen molar-refractivity contribution in [3.05, 3.63) is 24.2 Å². The maximum absolute atomic E-state index is 11.6. The summed E-state index contributed by atoms with van der Waals surface area (Å²) in [6, 6.07) is 5.50. The second kappa shape index (κ2) is 5.96. The van der Waals surface area contributed by atoms with Gasteiger partial charge in [0, 0.05) is 13.0 Å². The van der Waals surface area contributed by atoms with Crippen molar-refractivity contribution in [1.82, 2.24) is 5.32 Å². The predicted octanol–water partition coefficient (Wildman–Crippen LogP) is 1.73. The van der Waals surface area contributed by atoms with E-state index in [4.69, 9.17) is 9.68 Å². The van der Waals surface area contributed by atoms with Crippen molar-refractivity contribution >= 4 is 5.91 Å². The lowest BCUT2D eigenvalue weighted by Gasteiger charge is -2.10. The Labute approximate surface area is 95.2 Å². The van der Waals surface area contributed by atoms with Crippen LogP contribution in [0.25, 0.3) is 0 Å². The highest BCUT2D eigenvalue weighted by molar-refractivity contribution is 5.81. The highest BCUT2D eigenvalue weighted by atomic mass is 16.3. The number of amides is 1. The van der Waals surface area contributed by atoms with E-state index in [1.54, 1.807) is 12.1 Å². The summed E-state index contributed by atoms with van der Waals surface area (Å²) in [6.45, 7) is 4.61. The van der Waals surface area contributed by atoms with Crippen molar-refractivity contribution in [3.8, 4) is 6.07 Å². The fourth-order valence-corrected chi connectivity index (χ4v) is 1.25. The molecule has 4 heteroatoms. The van der Waals surface area contributed by atoms with Crippen LogP contribution in [0, 0.1) is 23.2 Å². The second-order valence-electron chi connectivity index (χ2n) is 4.10. The van der Waals surface area contributed by atoms with Crippen LogP contribution in [-0.4, -0.2) is 12.5 Å². The molecule has 16 heavy (non-hydrogen) atoms. The molecule has 1 atom stereocenters. The molecule has 1 unspecified atom stereocenters. The highest BCUT2D eigenvalue weighted by Gasteiger charge is 2.19. The minimum absolute atomic E-state index is 0.229. The average molecular weight is 220 g/mol. The molecule has 0 radical (unpaired) electrons. The lowest BCUT2D eigenvalue weighted by atomic mass is 10.0. The standard InChI is InChI=1S/C12H16N2O2/c1-9(2)8-14-12(15)10(7-13)6-11-4-3-5-16-11/h3-5,9-10H,6,8H2,1-2H3,(H,14,15). The molecule has 0 aromatic carbocycles. The van der Waals surface area contributed by atoms with Gasteiger partial charge < -0.3 is 9.73 Å². The zero-order valence-corrected chi connectivity index (χ0v) is 9.56. The third-order valence-corrected chi connectivity index (χ3v) is 2.14. The summed E-state index contributed by atoms with van der Waals surface area (Å²) in [5, 5.41) is 11.7. The molecule has 0 fully saturated rings. The first-order valence-corrected chi connectivity index (χ1v) is 5.33. The van der Waals surface area contributed by atoms with Gasteiger partial charge in [-0.1, -0.05) is 13.8 Å². The van der Waals surface area contributed by atoms with Crippen LogP contribution in [0.2, 0.25) is 0 Å². The predicted molar refractivity (Wildman–Crippen MR) is 59.4 cm³/mol. The van der Waals surface area contributed by atoms with Crippen LogP contribution in [0.15, 0.2) is 22.8 Å². The molecule has 0 bridgehead atoms. The van der Waals surface area contributed by atoms with E-state index in [-0.39, 0.29) is 5.91 Å². The molecular formula is C12H16N2O2. The van der Waals surface area contributed by atoms with Gasteiger partial charge in [0.2, 0.25) is 5.91 Å². The van der Waals surface area contributed by atoms with E-state index >= 15 is 0 Å². The first-order chi connectivity index (χ1) is 7.63. The Bertz CT molecular complexity index is 363. The molecule has 0 aliphatic rings. The first-order valence-electron chi connectivity index (χ1n) is 5.33. The number of rotatable bonds is 5. The summed E-state index contributed by atoms with van der Waals surface area (Å²) in [7, 11) is 0. The van der Waals surface area contributed by atoms with Crippen LogP contribution in [0.5, 0.6) is 0 Å². The summed E-state index contributed by atoms with van der Waals surface area (Å²) in [6.07, 6.45) is 1.86. The molecule has 1 N–H and O–H groups in total. The molecule has 1 heterocycles. The van der Waals surface area contributed by atoms with E-state index in [9.17, 15) is 4.79 Å². The maximum Gasteiger partial charge on any atom is 0.237 e. The third kappa shape index (κ3) is 3.77. The Kier molecular flexibility index (Phi) is 4.59. The van der Waals surface area contributed by atoms with Crippen molar-refractivity contribution < 1.29 is 9.21 Å². The molecule has 4 nitrogen and oxygen atoms in total. The number of carbonyl (C=O) groups is 1. The van der Waals surface area contributed by atoms with Crippen LogP contribution in [-0.2, 0) is 11.2 Å². The topological polar surface area (TPSA) is 66.0 Å². The molecule has 1 amide bonds. The van der Waals surface area contributed by atoms with E-state index in [1.807, 2.05) is 19.9 Å². The van der Waals surface area contributed by atoms with Gasteiger partial charge in [0.25, 0.3) is 0 Å². The summed E-state index contributed by atoms with van der Waals surface area (Å²) in [5.74, 6) is 0.135. The van der Waals surface area contributed by atoms with Crippen molar-refractivity contribution in [2.45, 2.75) is 20.3 Å². The third-order valence-electron chi connectivity index (χ3n) is 2.14. The van der Waals surface area contributed by atoms with Crippen LogP contribution < -0.4 is 5.32 Å². The minimum Gasteiger partial charge on any atom is -0.469 e. The Hall–Kier alpha value is -1.76. The number of hydrogen-bond donors (Lipinski definition) is 1. The van der Waals surface area contributed by atoms with Gasteiger partial charge in [0.05, 0.1) is 12.3 Å². The van der Waals surface area contributed by atoms with Crippen LogP contribution in [0.1, 0.15) is 19.6 Å². The minimum atomic E-state index is -0.676. The quantitative estimate of drug-likeness (QED) is 0.821. The van der Waals surface area contributed by atoms with Crippen molar-refractivity contribution in [3.63, 3.8) is 0 Å². The molecule has 86 valence electrons. The summed E-state index contributed by atoms with van der Waals surface area (Å²) < 4.78 is 5.11. The van der Waals surface area contributed by atoms with Crippen molar-refractivity contribution in [1.29, 1.82) is 5.26 Å². The Morgan fingerprint density at radius 2 is 2.38 bits per heavy atom. The lowest BCUT2D eigenvalue weighted by molar-refractivity contribution is -0.123. The highest BCUT2D eigenvalue weighted by Crippen LogP contribution is 2.09. The number of nitrogens with one attached hydrogen (secondary N) is 1. The fraction of sp³-hybridized carbons (Fsp3) is 0.500. The van der Waals surface area contributed by atoms with E-state index in [0.29, 0.717) is 24.6 Å². The van der Waals surface area contributed by atoms with Gasteiger partial charge in [0.15, 0.2) is 0 Å². The molecule has 1 aromatic heterocycles. The Morgan fingerprint density at radius 1 is 1.62 bits per heavy atom. The molecule has 0 aliphatic heterocycles. The van der Waals surface area contributed by atoms with Crippen LogP contribution in [0.4, 0.5) is 0 Å². The molecular weight excluding hydrogens is 204 g/mol. The Morgan fingerprint density at radius 3 is 2.88 bits per heavy atom. The van der Waals surface area contributed by atoms with Gasteiger partial charge in [-0.25, -0.2) is 0 Å². The smallest absolute Gasteiger partial charge is 0.237 e. The molecule has 0 spiro atoms. The van der Waals surface area contributed by atoms with Crippen LogP contribution >= 0.6 is 0 Å². The summed E-state index contributed by atoms with van der Waals surface area (Å²) in [5.41, 5.74) is 0. The zero-order chi connectivity index (χ0) is 12.0. The van der Waals surface area contributed by atoms with Gasteiger partial charge in [-0.05, 0) is 18.1 Å². The zero-order valence-electron chi connectivity index (χ0n) is 9.56. The summed E-state index contributed by atoms with van der Waals surface area (Å²) >= 11 is 0. The second-order valence-corrected chi connectivity index (χ2v) is 4.10. The average Bonchev–Trinajstić information content (AvgIpc) is 2.75. The van der Waals surface area contributed by atoms with E-state index < -0.39 is 5.92 Å². The molecule has 0 saturated carbocycles. The van der Waals surface area contributed by atoms with Gasteiger partial charge in [-0.3, -0.25) is 4.79 Å². The molecule has 0 saturated heterocycles. The molecule has 0 aliphatic carbocycles. The fourth-order valence-electron chi connectivity index (χ4n) is 1.25. The largest absolute Gasteiger partial charge is 0.469 e. The van der Waals surface area contributed by atoms with Gasteiger partial charge in [0.1, 0.15) is 11.7 Å². The molecule has 1 aromatic rings. The number of carbonyl (C=O) groups excluding carboxylic acids is 1. The van der Waals surface area contributed by atoms with Crippen LogP contribution in [0.3, 0.4) is 0 Å². The number of hydrogen-bond acceptors (Lipinski definition) is 3. The van der Waals surface area contributed by atoms with Gasteiger partial charge in [-0.2, -0.15) is 5.26 Å².